The first-order chi connectivity index (χ1) is 27.5. The number of amides is 2. The summed E-state index contributed by atoms with van der Waals surface area (Å²) in [5.74, 6) is 6.18. The van der Waals surface area contributed by atoms with Crippen molar-refractivity contribution in [2.75, 3.05) is 27.2 Å². The van der Waals surface area contributed by atoms with Gasteiger partial charge in [0.15, 0.2) is 22.9 Å². The van der Waals surface area contributed by atoms with Gasteiger partial charge in [-0.25, -0.2) is 14.3 Å². The third-order valence-electron chi connectivity index (χ3n) is 9.85. The van der Waals surface area contributed by atoms with Gasteiger partial charge < -0.3 is 24.6 Å². The smallest absolute Gasteiger partial charge is 0.275 e. The molecule has 6 heterocycles. The Morgan fingerprint density at radius 2 is 1.25 bits per heavy atom. The predicted octanol–water partition coefficient (Wildman–Crippen LogP) is 2.48. The lowest BCUT2D eigenvalue weighted by Gasteiger charge is -2.37. The summed E-state index contributed by atoms with van der Waals surface area (Å²) < 4.78 is 6.50. The molecule has 8 rings (SSSR count). The van der Waals surface area contributed by atoms with Gasteiger partial charge in [0, 0.05) is 39.6 Å². The van der Waals surface area contributed by atoms with Gasteiger partial charge >= 0.3 is 0 Å². The molecule has 0 saturated carbocycles. The molecule has 286 valence electrons. The molecular formula is C41H36N10O6. The maximum atomic E-state index is 12.6. The maximum absolute atomic E-state index is 12.6. The van der Waals surface area contributed by atoms with E-state index in [0.29, 0.717) is 24.5 Å². The lowest BCUT2D eigenvalue weighted by atomic mass is 9.96. The number of rotatable bonds is 6. The zero-order valence-corrected chi connectivity index (χ0v) is 31.0. The van der Waals surface area contributed by atoms with E-state index in [4.69, 9.17) is 6.42 Å². The molecule has 16 nitrogen and oxygen atoms in total. The molecule has 0 aliphatic carbocycles. The number of aromatic nitrogens is 8. The Kier molecular flexibility index (Phi) is 10.3. The number of carbonyl (C=O) groups excluding carboxylic acids is 2. The van der Waals surface area contributed by atoms with Crippen molar-refractivity contribution in [2.24, 2.45) is 0 Å². The molecule has 4 aromatic heterocycles. The van der Waals surface area contributed by atoms with Crippen molar-refractivity contribution in [2.45, 2.75) is 31.1 Å². The van der Waals surface area contributed by atoms with Crippen LogP contribution in [0, 0.1) is 24.2 Å². The molecule has 0 saturated heterocycles. The molecule has 0 bridgehead atoms. The van der Waals surface area contributed by atoms with E-state index in [1.165, 1.54) is 19.2 Å². The Morgan fingerprint density at radius 1 is 0.737 bits per heavy atom. The van der Waals surface area contributed by atoms with Crippen molar-refractivity contribution in [3.63, 3.8) is 0 Å². The highest BCUT2D eigenvalue weighted by Crippen LogP contribution is 2.37. The molecule has 4 atom stereocenters. The van der Waals surface area contributed by atoms with Crippen LogP contribution in [-0.2, 0) is 0 Å². The fraction of sp³-hybridized carbons (Fsp3) is 0.220. The van der Waals surface area contributed by atoms with E-state index >= 15 is 0 Å². The van der Waals surface area contributed by atoms with Gasteiger partial charge in [0.1, 0.15) is 17.4 Å². The van der Waals surface area contributed by atoms with Crippen LogP contribution in [-0.4, -0.2) is 97.9 Å². The summed E-state index contributed by atoms with van der Waals surface area (Å²) in [7, 11) is 3.26. The van der Waals surface area contributed by atoms with Gasteiger partial charge in [-0.15, -0.1) is 6.42 Å². The monoisotopic (exact) mass is 764 g/mol. The zero-order valence-electron chi connectivity index (χ0n) is 31.0. The van der Waals surface area contributed by atoms with Crippen LogP contribution in [0.2, 0.25) is 0 Å². The van der Waals surface area contributed by atoms with Crippen LogP contribution < -0.4 is 10.9 Å². The lowest BCUT2D eigenvalue weighted by molar-refractivity contribution is 0.0662. The van der Waals surface area contributed by atoms with Crippen LogP contribution in [0.25, 0.3) is 0 Å². The number of terminal acetylenes is 1. The van der Waals surface area contributed by atoms with Crippen LogP contribution in [0.4, 0.5) is 0 Å². The SMILES string of the molecule is C#Cc1ccn(C(c2ccccc2)C2CN(C)C(=O)c3c(O)c(=O)cnn32)n1.CC#Cc1cn(C(c2ccccc2)C2CN(C)C(=O)c3c(O)c(=O)cnn32)cn1. The van der Waals surface area contributed by atoms with E-state index < -0.39 is 40.2 Å². The van der Waals surface area contributed by atoms with Crippen molar-refractivity contribution in [1.29, 1.82) is 0 Å². The predicted molar refractivity (Wildman–Crippen MR) is 206 cm³/mol. The molecule has 2 aliphatic heterocycles. The fourth-order valence-corrected chi connectivity index (χ4v) is 7.23. The highest BCUT2D eigenvalue weighted by atomic mass is 16.3. The van der Waals surface area contributed by atoms with E-state index in [1.54, 1.807) is 44.3 Å². The first-order valence-electron chi connectivity index (χ1n) is 17.7. The Morgan fingerprint density at radius 3 is 1.74 bits per heavy atom. The minimum atomic E-state index is -0.696. The molecule has 0 radical (unpaired) electrons. The van der Waals surface area contributed by atoms with Crippen LogP contribution in [0.5, 0.6) is 11.5 Å². The molecule has 2 amide bonds. The molecule has 16 heteroatoms. The van der Waals surface area contributed by atoms with E-state index in [-0.39, 0.29) is 29.5 Å². The standard InChI is InChI=1S/C21H19N5O3.C20H17N5O3/c1-3-7-15-11-25(13-22-15)18(14-8-5-4-6-9-14)16-12-24(2)21(29)19-20(28)17(27)10-23-26(16)19;1-3-14-9-10-24(22-14)17(13-7-5-4-6-8-13)15-12-23(2)20(28)18-19(27)16(26)11-21-25(15)18/h4-6,8-11,13,16,18,28H,12H2,1-2H3;1,4-11,15,17,27H,12H2,2H3. The second kappa shape index (κ2) is 15.6. The highest BCUT2D eigenvalue weighted by Gasteiger charge is 2.40. The molecular weight excluding hydrogens is 729 g/mol. The number of hydrogen-bond acceptors (Lipinski definition) is 10. The Balaban J connectivity index is 0.000000174. The topological polar surface area (TPSA) is 186 Å². The van der Waals surface area contributed by atoms with Gasteiger partial charge in [-0.3, -0.25) is 23.9 Å². The average Bonchev–Trinajstić information content (AvgIpc) is 3.89. The fourth-order valence-electron chi connectivity index (χ4n) is 7.23. The van der Waals surface area contributed by atoms with Crippen LogP contribution in [0.15, 0.2) is 107 Å². The normalized spacial score (nSPS) is 16.9. The largest absolute Gasteiger partial charge is 0.502 e. The third-order valence-corrected chi connectivity index (χ3v) is 9.85. The van der Waals surface area contributed by atoms with Gasteiger partial charge in [0.2, 0.25) is 10.9 Å². The van der Waals surface area contributed by atoms with E-state index in [9.17, 15) is 29.4 Å². The molecule has 6 aromatic rings. The van der Waals surface area contributed by atoms with Gasteiger partial charge in [0.25, 0.3) is 11.8 Å². The molecule has 2 aromatic carbocycles. The third kappa shape index (κ3) is 7.03. The number of carbonyl (C=O) groups is 2. The summed E-state index contributed by atoms with van der Waals surface area (Å²) in [6, 6.07) is 19.6. The minimum Gasteiger partial charge on any atom is -0.502 e. The summed E-state index contributed by atoms with van der Waals surface area (Å²) in [6.07, 6.45) is 12.8. The molecule has 2 N–H and O–H groups in total. The van der Waals surface area contributed by atoms with Crippen LogP contribution >= 0.6 is 0 Å². The molecule has 2 aliphatic rings. The first-order valence-corrected chi connectivity index (χ1v) is 17.7. The number of hydrogen-bond donors (Lipinski definition) is 2. The summed E-state index contributed by atoms with van der Waals surface area (Å²) in [5.41, 5.74) is 1.40. The van der Waals surface area contributed by atoms with Crippen molar-refractivity contribution >= 4 is 11.8 Å². The summed E-state index contributed by atoms with van der Waals surface area (Å²) >= 11 is 0. The average molecular weight is 765 g/mol. The second-order valence-electron chi connectivity index (χ2n) is 13.4. The van der Waals surface area contributed by atoms with Crippen molar-refractivity contribution < 1.29 is 19.8 Å². The summed E-state index contributed by atoms with van der Waals surface area (Å²) in [6.45, 7) is 2.40. The second-order valence-corrected chi connectivity index (χ2v) is 13.4. The Hall–Kier alpha value is -7.72. The number of fused-ring (bicyclic) bond motifs is 2. The van der Waals surface area contributed by atoms with Crippen LogP contribution in [0.1, 0.15) is 74.6 Å². The Bertz CT molecular complexity index is 2700. The van der Waals surface area contributed by atoms with Gasteiger partial charge in [0.05, 0.1) is 36.8 Å². The van der Waals surface area contributed by atoms with Gasteiger partial charge in [-0.1, -0.05) is 66.6 Å². The Labute approximate surface area is 325 Å². The molecule has 57 heavy (non-hydrogen) atoms. The molecule has 0 fully saturated rings. The molecule has 4 unspecified atom stereocenters. The number of likely N-dealkylation sites (N-methyl/N-ethyl adjacent to an activating group) is 2. The maximum Gasteiger partial charge on any atom is 0.275 e. The number of imidazole rings is 1. The van der Waals surface area contributed by atoms with Gasteiger partial charge in [-0.2, -0.15) is 15.3 Å². The number of aromatic hydroxyl groups is 2. The lowest BCUT2D eigenvalue weighted by Crippen LogP contribution is -2.46. The minimum absolute atomic E-state index is 0.106. The first kappa shape index (κ1) is 37.6. The van der Waals surface area contributed by atoms with Crippen molar-refractivity contribution in [1.82, 2.24) is 48.7 Å². The highest BCUT2D eigenvalue weighted by molar-refractivity contribution is 5.96. The van der Waals surface area contributed by atoms with Gasteiger partial charge in [-0.05, 0) is 36.0 Å². The molecule has 0 spiro atoms. The van der Waals surface area contributed by atoms with Crippen molar-refractivity contribution in [3.05, 3.63) is 152 Å². The van der Waals surface area contributed by atoms with E-state index in [0.717, 1.165) is 23.5 Å². The van der Waals surface area contributed by atoms with E-state index in [2.05, 4.69) is 38.0 Å². The summed E-state index contributed by atoms with van der Waals surface area (Å²) in [4.78, 5) is 56.3. The quantitative estimate of drug-likeness (QED) is 0.239. The number of benzene rings is 2. The van der Waals surface area contributed by atoms with Crippen LogP contribution in [0.3, 0.4) is 0 Å². The number of nitrogens with zero attached hydrogens (tertiary/aromatic N) is 10. The van der Waals surface area contributed by atoms with E-state index in [1.807, 2.05) is 71.4 Å². The van der Waals surface area contributed by atoms with Crippen molar-refractivity contribution in [3.8, 4) is 35.7 Å². The summed E-state index contributed by atoms with van der Waals surface area (Å²) in [5, 5.41) is 33.3. The zero-order chi connectivity index (χ0) is 40.4.